The second-order valence-electron chi connectivity index (χ2n) is 4.87. The van der Waals surface area contributed by atoms with E-state index in [1.807, 2.05) is 43.3 Å². The van der Waals surface area contributed by atoms with Crippen molar-refractivity contribution in [3.63, 3.8) is 0 Å². The van der Waals surface area contributed by atoms with Crippen LogP contribution < -0.4 is 10.2 Å². The highest BCUT2D eigenvalue weighted by molar-refractivity contribution is 9.10. The van der Waals surface area contributed by atoms with Crippen molar-refractivity contribution in [1.82, 2.24) is 4.98 Å². The Morgan fingerprint density at radius 1 is 1.10 bits per heavy atom. The lowest BCUT2D eigenvalue weighted by Crippen LogP contribution is -2.08. The molecule has 0 aliphatic rings. The van der Waals surface area contributed by atoms with E-state index in [9.17, 15) is 4.79 Å². The maximum Gasteiger partial charge on any atom is 0.197 e. The number of methoxy groups -OCH3 is 1. The molecule has 0 bridgehead atoms. The number of aryl methyl sites for hydroxylation is 1. The smallest absolute Gasteiger partial charge is 0.197 e. The zero-order valence-corrected chi connectivity index (χ0v) is 13.3. The molecule has 0 saturated carbocycles. The second-order valence-corrected chi connectivity index (χ2v) is 5.73. The van der Waals surface area contributed by atoms with Crippen molar-refractivity contribution in [2.24, 2.45) is 0 Å². The Morgan fingerprint density at radius 2 is 1.81 bits per heavy atom. The molecule has 21 heavy (non-hydrogen) atoms. The van der Waals surface area contributed by atoms with Gasteiger partial charge in [0.15, 0.2) is 5.43 Å². The normalized spacial score (nSPS) is 10.8. The van der Waals surface area contributed by atoms with Crippen LogP contribution in [-0.4, -0.2) is 12.1 Å². The van der Waals surface area contributed by atoms with Crippen molar-refractivity contribution in [2.75, 3.05) is 7.11 Å². The highest BCUT2D eigenvalue weighted by Gasteiger charge is 2.11. The molecule has 0 unspecified atom stereocenters. The average Bonchev–Trinajstić information content (AvgIpc) is 2.51. The third-order valence-corrected chi connectivity index (χ3v) is 4.26. The largest absolute Gasteiger partial charge is 0.497 e. The molecule has 1 aromatic heterocycles. The summed E-state index contributed by atoms with van der Waals surface area (Å²) < 4.78 is 6.04. The van der Waals surface area contributed by atoms with Crippen molar-refractivity contribution in [1.29, 1.82) is 0 Å². The molecule has 3 rings (SSSR count). The minimum absolute atomic E-state index is 0.0349. The topological polar surface area (TPSA) is 42.1 Å². The molecule has 3 nitrogen and oxygen atoms in total. The van der Waals surface area contributed by atoms with Crippen LogP contribution in [0.1, 0.15) is 5.56 Å². The molecule has 0 atom stereocenters. The minimum atomic E-state index is 0.0349. The summed E-state index contributed by atoms with van der Waals surface area (Å²) in [6, 6.07) is 11.4. The average molecular weight is 344 g/mol. The molecule has 3 aromatic rings. The van der Waals surface area contributed by atoms with Gasteiger partial charge in [0.25, 0.3) is 0 Å². The molecule has 0 aliphatic carbocycles. The summed E-state index contributed by atoms with van der Waals surface area (Å²) in [6.45, 7) is 1.95. The SMILES string of the molecule is COc1ccc(-c2c[nH]c3c(Br)ccc(C)c3c2=O)cc1. The van der Waals surface area contributed by atoms with Gasteiger partial charge in [-0.15, -0.1) is 0 Å². The van der Waals surface area contributed by atoms with Gasteiger partial charge in [-0.25, -0.2) is 0 Å². The number of ether oxygens (including phenoxy) is 1. The first-order valence-corrected chi connectivity index (χ1v) is 7.36. The number of nitrogens with one attached hydrogen (secondary N) is 1. The van der Waals surface area contributed by atoms with Crippen LogP contribution in [0, 0.1) is 6.92 Å². The highest BCUT2D eigenvalue weighted by atomic mass is 79.9. The first-order valence-electron chi connectivity index (χ1n) is 6.56. The molecule has 1 heterocycles. The fourth-order valence-corrected chi connectivity index (χ4v) is 2.89. The Kier molecular flexibility index (Phi) is 3.55. The number of aromatic amines is 1. The molecule has 0 saturated heterocycles. The fraction of sp³-hybridized carbons (Fsp3) is 0.118. The third-order valence-electron chi connectivity index (χ3n) is 3.60. The van der Waals surface area contributed by atoms with Crippen molar-refractivity contribution in [2.45, 2.75) is 6.92 Å². The molecule has 0 aliphatic heterocycles. The fourth-order valence-electron chi connectivity index (χ4n) is 2.44. The van der Waals surface area contributed by atoms with E-state index in [2.05, 4.69) is 20.9 Å². The predicted octanol–water partition coefficient (Wildman–Crippen LogP) is 4.27. The van der Waals surface area contributed by atoms with Crippen LogP contribution in [0.5, 0.6) is 5.75 Å². The van der Waals surface area contributed by atoms with Gasteiger partial charge < -0.3 is 9.72 Å². The summed E-state index contributed by atoms with van der Waals surface area (Å²) in [5.74, 6) is 0.773. The van der Waals surface area contributed by atoms with Gasteiger partial charge in [-0.3, -0.25) is 4.79 Å². The Labute approximate surface area is 130 Å². The summed E-state index contributed by atoms with van der Waals surface area (Å²) >= 11 is 3.48. The minimum Gasteiger partial charge on any atom is -0.497 e. The summed E-state index contributed by atoms with van der Waals surface area (Å²) in [5.41, 5.74) is 3.36. The molecule has 0 fully saturated rings. The van der Waals surface area contributed by atoms with Gasteiger partial charge >= 0.3 is 0 Å². The van der Waals surface area contributed by atoms with Crippen molar-refractivity contribution in [3.05, 3.63) is 62.9 Å². The number of hydrogen-bond donors (Lipinski definition) is 1. The van der Waals surface area contributed by atoms with Crippen LogP contribution in [-0.2, 0) is 0 Å². The molecular weight excluding hydrogens is 330 g/mol. The van der Waals surface area contributed by atoms with Crippen LogP contribution >= 0.6 is 15.9 Å². The Bertz CT molecular complexity index is 866. The predicted molar refractivity (Wildman–Crippen MR) is 89.0 cm³/mol. The van der Waals surface area contributed by atoms with Crippen LogP contribution in [0.25, 0.3) is 22.0 Å². The lowest BCUT2D eigenvalue weighted by atomic mass is 10.0. The molecule has 0 radical (unpaired) electrons. The van der Waals surface area contributed by atoms with Crippen LogP contribution in [0.4, 0.5) is 0 Å². The van der Waals surface area contributed by atoms with E-state index in [4.69, 9.17) is 4.74 Å². The van der Waals surface area contributed by atoms with Gasteiger partial charge in [-0.1, -0.05) is 18.2 Å². The first kappa shape index (κ1) is 13.9. The first-order chi connectivity index (χ1) is 10.1. The van der Waals surface area contributed by atoms with E-state index in [-0.39, 0.29) is 5.43 Å². The second kappa shape index (κ2) is 5.37. The summed E-state index contributed by atoms with van der Waals surface area (Å²) in [7, 11) is 1.62. The molecule has 1 N–H and O–H groups in total. The number of aromatic nitrogens is 1. The highest BCUT2D eigenvalue weighted by Crippen LogP contribution is 2.26. The molecule has 2 aromatic carbocycles. The van der Waals surface area contributed by atoms with E-state index in [1.165, 1.54) is 0 Å². The van der Waals surface area contributed by atoms with Gasteiger partial charge in [0.2, 0.25) is 0 Å². The van der Waals surface area contributed by atoms with Gasteiger partial charge in [0.05, 0.1) is 18.0 Å². The molecule has 0 amide bonds. The molecule has 106 valence electrons. The van der Waals surface area contributed by atoms with Crippen LogP contribution in [0.2, 0.25) is 0 Å². The lowest BCUT2D eigenvalue weighted by Gasteiger charge is -2.08. The number of hydrogen-bond acceptors (Lipinski definition) is 2. The summed E-state index contributed by atoms with van der Waals surface area (Å²) in [4.78, 5) is 16.0. The Balaban J connectivity index is 2.27. The summed E-state index contributed by atoms with van der Waals surface area (Å²) in [6.07, 6.45) is 1.76. The number of benzene rings is 2. The van der Waals surface area contributed by atoms with E-state index in [0.717, 1.165) is 32.3 Å². The van der Waals surface area contributed by atoms with Crippen molar-refractivity contribution >= 4 is 26.8 Å². The molecule has 0 spiro atoms. The van der Waals surface area contributed by atoms with Crippen LogP contribution in [0.15, 0.2) is 51.9 Å². The number of rotatable bonds is 2. The number of fused-ring (bicyclic) bond motifs is 1. The van der Waals surface area contributed by atoms with Crippen molar-refractivity contribution in [3.8, 4) is 16.9 Å². The Morgan fingerprint density at radius 3 is 2.48 bits per heavy atom. The molecular formula is C17H14BrNO2. The Hall–Kier alpha value is -2.07. The number of pyridine rings is 1. The van der Waals surface area contributed by atoms with E-state index in [1.54, 1.807) is 13.3 Å². The molecule has 4 heteroatoms. The van der Waals surface area contributed by atoms with E-state index >= 15 is 0 Å². The number of halogens is 1. The van der Waals surface area contributed by atoms with Gasteiger partial charge in [0.1, 0.15) is 5.75 Å². The summed E-state index contributed by atoms with van der Waals surface area (Å²) in [5, 5.41) is 0.720. The van der Waals surface area contributed by atoms with Gasteiger partial charge in [-0.2, -0.15) is 0 Å². The zero-order chi connectivity index (χ0) is 15.0. The quantitative estimate of drug-likeness (QED) is 0.754. The third kappa shape index (κ3) is 2.36. The monoisotopic (exact) mass is 343 g/mol. The zero-order valence-electron chi connectivity index (χ0n) is 11.7. The van der Waals surface area contributed by atoms with E-state index in [0.29, 0.717) is 5.56 Å². The maximum absolute atomic E-state index is 12.8. The van der Waals surface area contributed by atoms with Gasteiger partial charge in [-0.05, 0) is 52.2 Å². The lowest BCUT2D eigenvalue weighted by molar-refractivity contribution is 0.415. The standard InChI is InChI=1S/C17H14BrNO2/c1-10-3-8-14(18)16-15(10)17(20)13(9-19-16)11-4-6-12(21-2)7-5-11/h3-9H,1-2H3,(H,19,20). The van der Waals surface area contributed by atoms with Crippen molar-refractivity contribution < 1.29 is 4.74 Å². The van der Waals surface area contributed by atoms with Crippen LogP contribution in [0.3, 0.4) is 0 Å². The van der Waals surface area contributed by atoms with Gasteiger partial charge in [0, 0.05) is 16.2 Å². The maximum atomic E-state index is 12.8. The number of H-pyrrole nitrogens is 1. The van der Waals surface area contributed by atoms with E-state index < -0.39 is 0 Å².